The van der Waals surface area contributed by atoms with Crippen molar-refractivity contribution in [2.75, 3.05) is 26.4 Å². The Labute approximate surface area is 331 Å². The molecule has 0 heterocycles. The van der Waals surface area contributed by atoms with E-state index < -0.39 is 0 Å². The molecule has 0 bridgehead atoms. The minimum absolute atomic E-state index is 0.353. The van der Waals surface area contributed by atoms with Gasteiger partial charge in [0, 0.05) is 12.2 Å². The van der Waals surface area contributed by atoms with E-state index in [9.17, 15) is 9.59 Å². The lowest BCUT2D eigenvalue weighted by Gasteiger charge is -2.08. The molecule has 294 valence electrons. The summed E-state index contributed by atoms with van der Waals surface area (Å²) in [5, 5.41) is 17.5. The van der Waals surface area contributed by atoms with Crippen molar-refractivity contribution >= 4 is 34.7 Å². The molecule has 0 unspecified atom stereocenters. The van der Waals surface area contributed by atoms with Gasteiger partial charge in [0.15, 0.2) is 0 Å². The van der Waals surface area contributed by atoms with E-state index in [1.165, 1.54) is 12.2 Å². The second kappa shape index (κ2) is 26.0. The van der Waals surface area contributed by atoms with Crippen LogP contribution in [0.15, 0.2) is 143 Å². The molecular weight excluding hydrogens is 705 g/mol. The Hall–Kier alpha value is -5.90. The molecule has 0 radical (unpaired) electrons. The number of unbranched alkanes of at least 4 members (excludes halogenated alkanes) is 10. The fourth-order valence-electron chi connectivity index (χ4n) is 5.56. The molecule has 0 N–H and O–H groups in total. The largest absolute Gasteiger partial charge is 0.494 e. The molecule has 56 heavy (non-hydrogen) atoms. The fraction of sp³-hybridized carbons (Fsp3) is 0.348. The molecule has 0 aromatic heterocycles. The Morgan fingerprint density at radius 2 is 0.661 bits per heavy atom. The summed E-state index contributed by atoms with van der Waals surface area (Å²) < 4.78 is 21.8. The van der Waals surface area contributed by atoms with E-state index in [1.54, 1.807) is 0 Å². The molecule has 0 saturated carbocycles. The highest BCUT2D eigenvalue weighted by Crippen LogP contribution is 2.27. The first-order valence-corrected chi connectivity index (χ1v) is 19.6. The number of carbonyl (C=O) groups is 2. The first-order chi connectivity index (χ1) is 27.5. The van der Waals surface area contributed by atoms with Crippen molar-refractivity contribution in [3.63, 3.8) is 0 Å². The van der Waals surface area contributed by atoms with Gasteiger partial charge in [-0.1, -0.05) is 88.8 Å². The van der Waals surface area contributed by atoms with Gasteiger partial charge in [-0.15, -0.1) is 0 Å². The highest BCUT2D eigenvalue weighted by atomic mass is 16.5. The average Bonchev–Trinajstić information content (AvgIpc) is 3.24. The topological polar surface area (TPSA) is 120 Å². The first-order valence-electron chi connectivity index (χ1n) is 19.6. The quantitative estimate of drug-likeness (QED) is 0.0258. The number of azo groups is 2. The third-order valence-electron chi connectivity index (χ3n) is 8.74. The molecule has 0 aliphatic carbocycles. The summed E-state index contributed by atoms with van der Waals surface area (Å²) in [6.07, 6.45) is 15.0. The number of benzene rings is 4. The van der Waals surface area contributed by atoms with Crippen LogP contribution in [0.2, 0.25) is 0 Å². The van der Waals surface area contributed by atoms with Gasteiger partial charge in [-0.2, -0.15) is 20.5 Å². The van der Waals surface area contributed by atoms with Gasteiger partial charge in [0.05, 0.1) is 49.2 Å². The lowest BCUT2D eigenvalue weighted by atomic mass is 10.1. The standard InChI is InChI=1S/C46H54N4O6/c1-3-45(51)55-35-15-11-7-5-9-13-33-53-43-29-19-38(20-30-43)37-17-21-39(22-18-37)47-48-40-23-25-41(26-24-40)49-50-42-27-31-44(32-28-42)54-34-14-10-6-8-12-16-36-56-46(52)4-2/h3-4,17-32H,1-2,5-16,33-36H2. The molecule has 0 aliphatic heterocycles. The van der Waals surface area contributed by atoms with E-state index in [0.29, 0.717) is 26.4 Å². The van der Waals surface area contributed by atoms with Gasteiger partial charge < -0.3 is 18.9 Å². The maximum absolute atomic E-state index is 11.0. The number of hydrogen-bond donors (Lipinski definition) is 0. The molecule has 0 atom stereocenters. The minimum Gasteiger partial charge on any atom is -0.494 e. The Kier molecular flexibility index (Phi) is 19.9. The second-order valence-electron chi connectivity index (χ2n) is 13.2. The van der Waals surface area contributed by atoms with E-state index in [4.69, 9.17) is 18.9 Å². The van der Waals surface area contributed by atoms with Gasteiger partial charge in [0.25, 0.3) is 0 Å². The summed E-state index contributed by atoms with van der Waals surface area (Å²) in [6.45, 7) is 9.07. The van der Waals surface area contributed by atoms with Crippen LogP contribution in [-0.4, -0.2) is 38.4 Å². The van der Waals surface area contributed by atoms with Gasteiger partial charge in [-0.05, 0) is 110 Å². The van der Waals surface area contributed by atoms with Gasteiger partial charge in [0.2, 0.25) is 0 Å². The lowest BCUT2D eigenvalue weighted by Crippen LogP contribution is -2.01. The Morgan fingerprint density at radius 3 is 1.02 bits per heavy atom. The smallest absolute Gasteiger partial charge is 0.330 e. The number of rotatable bonds is 27. The van der Waals surface area contributed by atoms with Gasteiger partial charge in [-0.25, -0.2) is 9.59 Å². The molecule has 4 rings (SSSR count). The van der Waals surface area contributed by atoms with Crippen LogP contribution in [0.25, 0.3) is 11.1 Å². The highest BCUT2D eigenvalue weighted by Gasteiger charge is 2.02. The summed E-state index contributed by atoms with van der Waals surface area (Å²) >= 11 is 0. The number of hydrogen-bond acceptors (Lipinski definition) is 10. The maximum Gasteiger partial charge on any atom is 0.330 e. The molecule has 0 aliphatic rings. The van der Waals surface area contributed by atoms with E-state index in [0.717, 1.165) is 122 Å². The maximum atomic E-state index is 11.0. The number of ether oxygens (including phenoxy) is 4. The molecular formula is C46H54N4O6. The van der Waals surface area contributed by atoms with Crippen molar-refractivity contribution in [2.45, 2.75) is 77.0 Å². The number of esters is 2. The van der Waals surface area contributed by atoms with Crippen molar-refractivity contribution in [3.8, 4) is 22.6 Å². The number of nitrogens with zero attached hydrogens (tertiary/aromatic N) is 4. The van der Waals surface area contributed by atoms with Crippen molar-refractivity contribution in [1.82, 2.24) is 0 Å². The summed E-state index contributed by atoms with van der Waals surface area (Å²) in [5.41, 5.74) is 5.14. The third kappa shape index (κ3) is 17.5. The molecule has 10 nitrogen and oxygen atoms in total. The zero-order valence-electron chi connectivity index (χ0n) is 32.4. The van der Waals surface area contributed by atoms with E-state index >= 15 is 0 Å². The summed E-state index contributed by atoms with van der Waals surface area (Å²) in [6, 6.07) is 31.2. The van der Waals surface area contributed by atoms with E-state index in [2.05, 4.69) is 45.7 Å². The molecule has 0 amide bonds. The SMILES string of the molecule is C=CC(=O)OCCCCCCCCOc1ccc(N=Nc2ccc(N=Nc3ccc(-c4ccc(OCCCCCCCCOC(=O)C=C)cc4)cc3)cc2)cc1. The van der Waals surface area contributed by atoms with Crippen LogP contribution in [-0.2, 0) is 19.1 Å². The van der Waals surface area contributed by atoms with Crippen LogP contribution < -0.4 is 9.47 Å². The second-order valence-corrected chi connectivity index (χ2v) is 13.2. The lowest BCUT2D eigenvalue weighted by molar-refractivity contribution is -0.138. The van der Waals surface area contributed by atoms with Crippen LogP contribution in [0, 0.1) is 0 Å². The average molecular weight is 759 g/mol. The predicted octanol–water partition coefficient (Wildman–Crippen LogP) is 13.1. The Balaban J connectivity index is 1.08. The Bertz CT molecular complexity index is 1800. The molecule has 10 heteroatoms. The third-order valence-corrected chi connectivity index (χ3v) is 8.74. The summed E-state index contributed by atoms with van der Waals surface area (Å²) in [4.78, 5) is 22.0. The van der Waals surface area contributed by atoms with Gasteiger partial charge in [0.1, 0.15) is 11.5 Å². The monoisotopic (exact) mass is 758 g/mol. The minimum atomic E-state index is -0.357. The normalized spacial score (nSPS) is 11.1. The summed E-state index contributed by atoms with van der Waals surface area (Å²) in [7, 11) is 0. The van der Waals surface area contributed by atoms with Crippen molar-refractivity contribution in [2.24, 2.45) is 20.5 Å². The molecule has 4 aromatic carbocycles. The molecule has 0 saturated heterocycles. The predicted molar refractivity (Wildman–Crippen MR) is 222 cm³/mol. The van der Waals surface area contributed by atoms with Crippen LogP contribution in [0.3, 0.4) is 0 Å². The number of carbonyl (C=O) groups excluding carboxylic acids is 2. The first kappa shape index (κ1) is 42.8. The fourth-order valence-corrected chi connectivity index (χ4v) is 5.56. The van der Waals surface area contributed by atoms with Crippen LogP contribution in [0.4, 0.5) is 22.7 Å². The molecule has 4 aromatic rings. The highest BCUT2D eigenvalue weighted by molar-refractivity contribution is 5.81. The van der Waals surface area contributed by atoms with Crippen LogP contribution in [0.1, 0.15) is 77.0 Å². The van der Waals surface area contributed by atoms with Crippen LogP contribution in [0.5, 0.6) is 11.5 Å². The van der Waals surface area contributed by atoms with E-state index in [-0.39, 0.29) is 11.9 Å². The van der Waals surface area contributed by atoms with Crippen molar-refractivity contribution in [1.29, 1.82) is 0 Å². The van der Waals surface area contributed by atoms with E-state index in [1.807, 2.05) is 84.9 Å². The van der Waals surface area contributed by atoms with Crippen molar-refractivity contribution in [3.05, 3.63) is 122 Å². The Morgan fingerprint density at radius 1 is 0.393 bits per heavy atom. The van der Waals surface area contributed by atoms with Gasteiger partial charge >= 0.3 is 11.9 Å². The zero-order valence-corrected chi connectivity index (χ0v) is 32.4. The molecule has 0 fully saturated rings. The summed E-state index contributed by atoms with van der Waals surface area (Å²) in [5.74, 6) is 0.967. The molecule has 0 spiro atoms. The van der Waals surface area contributed by atoms with Crippen LogP contribution >= 0.6 is 0 Å². The van der Waals surface area contributed by atoms with Gasteiger partial charge in [-0.3, -0.25) is 0 Å². The van der Waals surface area contributed by atoms with Crippen molar-refractivity contribution < 1.29 is 28.5 Å². The zero-order chi connectivity index (χ0) is 39.5.